The molecule has 1 fully saturated rings. The van der Waals surface area contributed by atoms with Crippen LogP contribution < -0.4 is 10.2 Å². The highest BCUT2D eigenvalue weighted by Crippen LogP contribution is 2.31. The first kappa shape index (κ1) is 23.7. The van der Waals surface area contributed by atoms with Crippen LogP contribution in [-0.4, -0.2) is 44.0 Å². The number of Topliss-reactive ketones (excluding diaryl/α,β-unsaturated/α-hetero) is 1. The van der Waals surface area contributed by atoms with Crippen molar-refractivity contribution in [2.24, 2.45) is 0 Å². The number of nitrogens with zero attached hydrogens (tertiary/aromatic N) is 1. The van der Waals surface area contributed by atoms with E-state index in [1.54, 1.807) is 0 Å². The van der Waals surface area contributed by atoms with E-state index in [-0.39, 0.29) is 11.7 Å². The molecule has 1 aromatic carbocycles. The zero-order chi connectivity index (χ0) is 23.2. The zero-order valence-corrected chi connectivity index (χ0v) is 20.3. The number of carbonyl (C=O) groups is 2. The predicted octanol–water partition coefficient (Wildman–Crippen LogP) is 5.14. The van der Waals surface area contributed by atoms with Gasteiger partial charge in [-0.1, -0.05) is 30.6 Å². The summed E-state index contributed by atoms with van der Waals surface area (Å²) in [4.78, 5) is 28.6. The quantitative estimate of drug-likeness (QED) is 0.692. The number of amides is 1. The molecule has 0 aromatic heterocycles. The van der Waals surface area contributed by atoms with Gasteiger partial charge in [0.15, 0.2) is 5.78 Å². The largest absolute Gasteiger partial charge is 0.381 e. The number of rotatable bonds is 3. The normalized spacial score (nSPS) is 21.1. The van der Waals surface area contributed by atoms with Gasteiger partial charge in [-0.05, 0) is 75.6 Å². The van der Waals surface area contributed by atoms with E-state index in [4.69, 9.17) is 4.74 Å². The van der Waals surface area contributed by atoms with Gasteiger partial charge in [-0.2, -0.15) is 0 Å². The molecule has 1 aromatic rings. The Kier molecular flexibility index (Phi) is 8.02. The molecule has 4 rings (SSSR count). The number of fused-ring (bicyclic) bond motifs is 1. The van der Waals surface area contributed by atoms with E-state index < -0.39 is 0 Å². The summed E-state index contributed by atoms with van der Waals surface area (Å²) in [7, 11) is 0. The second-order valence-corrected chi connectivity index (χ2v) is 9.62. The number of anilines is 1. The molecule has 2 aliphatic heterocycles. The molecular formula is C28H38N2O3. The van der Waals surface area contributed by atoms with E-state index in [1.165, 1.54) is 5.69 Å². The Balaban J connectivity index is 1.65. The first-order valence-corrected chi connectivity index (χ1v) is 12.7. The van der Waals surface area contributed by atoms with Crippen molar-refractivity contribution in [1.29, 1.82) is 0 Å². The van der Waals surface area contributed by atoms with Gasteiger partial charge >= 0.3 is 0 Å². The fourth-order valence-corrected chi connectivity index (χ4v) is 5.59. The lowest BCUT2D eigenvalue weighted by Crippen LogP contribution is -2.40. The van der Waals surface area contributed by atoms with Crippen molar-refractivity contribution < 1.29 is 14.3 Å². The molecular weight excluding hydrogens is 412 g/mol. The molecule has 0 spiro atoms. The van der Waals surface area contributed by atoms with Crippen LogP contribution in [0.4, 0.5) is 5.69 Å². The first-order chi connectivity index (χ1) is 16.1. The summed E-state index contributed by atoms with van der Waals surface area (Å²) >= 11 is 0. The third-order valence-electron chi connectivity index (χ3n) is 7.31. The molecule has 5 heteroatoms. The van der Waals surface area contributed by atoms with Crippen LogP contribution in [0.25, 0.3) is 0 Å². The van der Waals surface area contributed by atoms with Crippen LogP contribution in [0.3, 0.4) is 0 Å². The molecule has 1 aliphatic carbocycles. The number of nitrogens with one attached hydrogen (secondary N) is 1. The van der Waals surface area contributed by atoms with Crippen molar-refractivity contribution in [2.75, 3.05) is 31.2 Å². The lowest BCUT2D eigenvalue weighted by molar-refractivity contribution is -0.115. The number of benzene rings is 1. The number of ketones is 1. The van der Waals surface area contributed by atoms with Gasteiger partial charge in [-0.15, -0.1) is 0 Å². The number of ether oxygens (including phenoxy) is 1. The van der Waals surface area contributed by atoms with Crippen LogP contribution in [0.1, 0.15) is 81.1 Å². The van der Waals surface area contributed by atoms with E-state index >= 15 is 0 Å². The average molecular weight is 451 g/mol. The molecule has 0 unspecified atom stereocenters. The van der Waals surface area contributed by atoms with Gasteiger partial charge in [0.25, 0.3) is 5.91 Å². The van der Waals surface area contributed by atoms with E-state index in [2.05, 4.69) is 29.3 Å². The fraction of sp³-hybridized carbons (Fsp3) is 0.571. The standard InChI is InChI=1S/C28H38N2O3/c1-3-30(22-13-15-33-16-14-22)26-12-8-11-24-23(26)10-7-5-4-6-9-21-17-20(2)18-27(31)25(21)19-29-28(24)32/h8,11-12,17,22H,3-7,9-10,13-16,18-19H2,1-2H3,(H,29,32). The Bertz CT molecular complexity index is 940. The van der Waals surface area contributed by atoms with Gasteiger partial charge in [0, 0.05) is 55.6 Å². The topological polar surface area (TPSA) is 58.6 Å². The third-order valence-corrected chi connectivity index (χ3v) is 7.31. The van der Waals surface area contributed by atoms with Crippen LogP contribution in [-0.2, 0) is 16.0 Å². The van der Waals surface area contributed by atoms with Gasteiger partial charge in [0.1, 0.15) is 0 Å². The monoisotopic (exact) mass is 450 g/mol. The fourth-order valence-electron chi connectivity index (χ4n) is 5.59. The van der Waals surface area contributed by atoms with E-state index in [0.29, 0.717) is 19.0 Å². The number of hydrogen-bond acceptors (Lipinski definition) is 4. The highest BCUT2D eigenvalue weighted by Gasteiger charge is 2.26. The van der Waals surface area contributed by atoms with Crippen LogP contribution in [0.15, 0.2) is 41.0 Å². The van der Waals surface area contributed by atoms with Crippen molar-refractivity contribution in [3.63, 3.8) is 0 Å². The summed E-state index contributed by atoms with van der Waals surface area (Å²) < 4.78 is 5.60. The molecule has 5 nitrogen and oxygen atoms in total. The molecule has 1 saturated heterocycles. The van der Waals surface area contributed by atoms with Crippen molar-refractivity contribution in [2.45, 2.75) is 77.7 Å². The Labute approximate surface area is 198 Å². The first-order valence-electron chi connectivity index (χ1n) is 12.7. The van der Waals surface area contributed by atoms with Crippen LogP contribution in [0.5, 0.6) is 0 Å². The predicted molar refractivity (Wildman–Crippen MR) is 133 cm³/mol. The van der Waals surface area contributed by atoms with Crippen molar-refractivity contribution in [1.82, 2.24) is 5.32 Å². The summed E-state index contributed by atoms with van der Waals surface area (Å²) in [6.45, 7) is 7.06. The molecule has 3 aliphatic rings. The summed E-state index contributed by atoms with van der Waals surface area (Å²) in [6, 6.07) is 6.59. The number of allylic oxidation sites excluding steroid dienone is 3. The molecule has 0 bridgehead atoms. The highest BCUT2D eigenvalue weighted by atomic mass is 16.5. The van der Waals surface area contributed by atoms with Gasteiger partial charge in [-0.3, -0.25) is 9.59 Å². The Morgan fingerprint density at radius 2 is 1.82 bits per heavy atom. The van der Waals surface area contributed by atoms with E-state index in [1.807, 2.05) is 19.1 Å². The third kappa shape index (κ3) is 5.57. The van der Waals surface area contributed by atoms with Gasteiger partial charge in [0.05, 0.1) is 0 Å². The molecule has 0 radical (unpaired) electrons. The van der Waals surface area contributed by atoms with Crippen molar-refractivity contribution in [3.8, 4) is 0 Å². The number of hydrogen-bond donors (Lipinski definition) is 1. The molecule has 1 N–H and O–H groups in total. The summed E-state index contributed by atoms with van der Waals surface area (Å²) in [5, 5.41) is 3.10. The van der Waals surface area contributed by atoms with Crippen LogP contribution >= 0.6 is 0 Å². The maximum atomic E-state index is 13.4. The maximum Gasteiger partial charge on any atom is 0.251 e. The minimum atomic E-state index is -0.0694. The van der Waals surface area contributed by atoms with Crippen molar-refractivity contribution in [3.05, 3.63) is 52.1 Å². The molecule has 2 heterocycles. The summed E-state index contributed by atoms with van der Waals surface area (Å²) in [5.74, 6) is 0.0888. The second kappa shape index (κ2) is 11.1. The molecule has 33 heavy (non-hydrogen) atoms. The molecule has 0 atom stereocenters. The van der Waals surface area contributed by atoms with Crippen molar-refractivity contribution >= 4 is 17.4 Å². The smallest absolute Gasteiger partial charge is 0.251 e. The van der Waals surface area contributed by atoms with E-state index in [0.717, 1.165) is 99.0 Å². The summed E-state index contributed by atoms with van der Waals surface area (Å²) in [5.41, 5.74) is 6.14. The Morgan fingerprint density at radius 3 is 2.58 bits per heavy atom. The Morgan fingerprint density at radius 1 is 1.06 bits per heavy atom. The summed E-state index contributed by atoms with van der Waals surface area (Å²) in [6.07, 6.45) is 10.9. The van der Waals surface area contributed by atoms with Gasteiger partial charge < -0.3 is 15.0 Å². The molecule has 1 amide bonds. The molecule has 0 saturated carbocycles. The van der Waals surface area contributed by atoms with Crippen LogP contribution in [0, 0.1) is 0 Å². The zero-order valence-electron chi connectivity index (χ0n) is 20.3. The van der Waals surface area contributed by atoms with E-state index in [9.17, 15) is 9.59 Å². The highest BCUT2D eigenvalue weighted by molar-refractivity contribution is 6.02. The lowest BCUT2D eigenvalue weighted by atomic mass is 9.89. The average Bonchev–Trinajstić information content (AvgIpc) is 2.83. The Hall–Kier alpha value is -2.40. The minimum absolute atomic E-state index is 0.0694. The molecule has 178 valence electrons. The maximum absolute atomic E-state index is 13.4. The van der Waals surface area contributed by atoms with Gasteiger partial charge in [0.2, 0.25) is 0 Å². The van der Waals surface area contributed by atoms with Gasteiger partial charge in [-0.25, -0.2) is 0 Å². The number of carbonyl (C=O) groups excluding carboxylic acids is 2. The lowest BCUT2D eigenvalue weighted by Gasteiger charge is -2.37. The second-order valence-electron chi connectivity index (χ2n) is 9.62. The minimum Gasteiger partial charge on any atom is -0.381 e. The van der Waals surface area contributed by atoms with Crippen LogP contribution in [0.2, 0.25) is 0 Å². The SMILES string of the molecule is CCN(c1cccc2c1CCCCCCC1=C(CNC2=O)C(=O)CC(C)=C1)C1CCOCC1.